The molecule has 8 heterocycles. The molecular weight excluding hydrogens is 644 g/mol. The Bertz CT molecular complexity index is 1990. The van der Waals surface area contributed by atoms with Crippen LogP contribution < -0.4 is 17.0 Å². The third-order valence-corrected chi connectivity index (χ3v) is 9.98. The van der Waals surface area contributed by atoms with Crippen molar-refractivity contribution in [3.8, 4) is 0 Å². The molecule has 4 aromatic heterocycles. The molecule has 0 amide bonds. The maximum Gasteiger partial charge on any atom is 0.472 e. The van der Waals surface area contributed by atoms with Gasteiger partial charge >= 0.3 is 15.6 Å². The van der Waals surface area contributed by atoms with Gasteiger partial charge < -0.3 is 35.5 Å². The number of hydrogen-bond acceptors (Lipinski definition) is 16. The number of ether oxygens (including phenoxy) is 3. The fourth-order valence-corrected chi connectivity index (χ4v) is 8.04. The molecule has 0 saturated carbocycles. The predicted octanol–water partition coefficient (Wildman–Crippen LogP) is -0.299. The molecule has 9 atom stereocenters. The third kappa shape index (κ3) is 4.79. The molecule has 7 N–H and O–H groups in total. The highest BCUT2D eigenvalue weighted by molar-refractivity contribution is 7.47. The first-order chi connectivity index (χ1) is 21.4. The van der Waals surface area contributed by atoms with Gasteiger partial charge in [0, 0.05) is 12.6 Å². The minimum Gasteiger partial charge on any atom is -0.397 e. The summed E-state index contributed by atoms with van der Waals surface area (Å²) < 4.78 is 69.5. The molecule has 8 rings (SSSR count). The van der Waals surface area contributed by atoms with E-state index in [-0.39, 0.29) is 30.1 Å². The van der Waals surface area contributed by atoms with Crippen molar-refractivity contribution in [2.45, 2.75) is 48.9 Å². The number of H-pyrrole nitrogens is 1. The Hall–Kier alpha value is -3.33. The Labute approximate surface area is 250 Å². The van der Waals surface area contributed by atoms with E-state index in [2.05, 4.69) is 24.9 Å². The number of nitrogens with one attached hydrogen (secondary N) is 1. The van der Waals surface area contributed by atoms with Crippen molar-refractivity contribution in [3.05, 3.63) is 35.3 Å². The van der Waals surface area contributed by atoms with E-state index in [0.29, 0.717) is 16.9 Å². The Morgan fingerprint density at radius 1 is 0.978 bits per heavy atom. The number of aromatic amines is 1. The topological polar surface area (TPSA) is 286 Å². The van der Waals surface area contributed by atoms with Crippen LogP contribution in [0.15, 0.2) is 29.7 Å². The van der Waals surface area contributed by atoms with Crippen molar-refractivity contribution < 1.29 is 51.2 Å². The fourth-order valence-electron chi connectivity index (χ4n) is 6.05. The van der Waals surface area contributed by atoms with Gasteiger partial charge in [-0.15, -0.1) is 0 Å². The van der Waals surface area contributed by atoms with Gasteiger partial charge in [0.15, 0.2) is 29.3 Å². The largest absolute Gasteiger partial charge is 0.472 e. The van der Waals surface area contributed by atoms with E-state index >= 15 is 0 Å². The highest BCUT2D eigenvalue weighted by Crippen LogP contribution is 2.58. The molecule has 4 bridgehead atoms. The average Bonchev–Trinajstić information content (AvgIpc) is 3.79. The number of nitrogen functional groups attached to an aromatic ring is 2. The van der Waals surface area contributed by atoms with Gasteiger partial charge in [0.1, 0.15) is 29.4 Å². The van der Waals surface area contributed by atoms with Gasteiger partial charge in [-0.05, 0) is 6.07 Å². The first kappa shape index (κ1) is 29.1. The van der Waals surface area contributed by atoms with Gasteiger partial charge in [-0.1, -0.05) is 0 Å². The molecule has 0 aromatic carbocycles. The number of anilines is 2. The maximum absolute atomic E-state index is 13.4. The zero-order valence-electron chi connectivity index (χ0n) is 22.8. The second-order valence-electron chi connectivity index (χ2n) is 10.9. The van der Waals surface area contributed by atoms with E-state index in [1.807, 2.05) is 0 Å². The Balaban J connectivity index is 1.12. The van der Waals surface area contributed by atoms with E-state index in [1.165, 1.54) is 28.0 Å². The lowest BCUT2D eigenvalue weighted by Crippen LogP contribution is -2.45. The van der Waals surface area contributed by atoms with Crippen molar-refractivity contribution in [3.63, 3.8) is 0 Å². The number of pyridine rings is 1. The number of phosphoric acid groups is 2. The van der Waals surface area contributed by atoms with Gasteiger partial charge in [0.2, 0.25) is 5.95 Å². The molecule has 4 aliphatic rings. The van der Waals surface area contributed by atoms with Gasteiger partial charge in [0.05, 0.1) is 44.3 Å². The van der Waals surface area contributed by atoms with E-state index in [4.69, 9.17) is 43.8 Å². The molecule has 4 unspecified atom stereocenters. The van der Waals surface area contributed by atoms with Crippen molar-refractivity contribution in [1.82, 2.24) is 34.1 Å². The summed E-state index contributed by atoms with van der Waals surface area (Å²) in [5.74, 6) is -0.204. The van der Waals surface area contributed by atoms with E-state index < -0.39 is 76.9 Å². The third-order valence-electron chi connectivity index (χ3n) is 8.02. The maximum atomic E-state index is 13.4. The molecule has 4 fully saturated rings. The van der Waals surface area contributed by atoms with Crippen molar-refractivity contribution in [2.75, 3.05) is 31.3 Å². The van der Waals surface area contributed by atoms with Gasteiger partial charge in [-0.3, -0.25) is 37.0 Å². The van der Waals surface area contributed by atoms with Crippen LogP contribution in [0.5, 0.6) is 0 Å². The summed E-state index contributed by atoms with van der Waals surface area (Å²) in [7, 11) is -9.74. The lowest BCUT2D eigenvalue weighted by Gasteiger charge is -2.32. The van der Waals surface area contributed by atoms with Gasteiger partial charge in [-0.25, -0.2) is 24.1 Å². The molecular formula is C22H25N9O12P2. The SMILES string of the molecule is Nc1nc2c(ncn2[C@@H]2O[C@@H]3COP(=O)(O)O[C@@H]4C5OC[C@]4(COP(=O)(O)OC2C3)O[C@H]5n2cnc3c(N)ccnc32)c(=O)[nH]1. The molecule has 240 valence electrons. The number of imidazole rings is 2. The first-order valence-corrected chi connectivity index (χ1v) is 16.5. The minimum atomic E-state index is -4.90. The molecule has 0 spiro atoms. The van der Waals surface area contributed by atoms with E-state index in [0.717, 1.165) is 0 Å². The fraction of sp³-hybridized carbons (Fsp3) is 0.500. The van der Waals surface area contributed by atoms with Crippen LogP contribution in [-0.2, 0) is 41.4 Å². The van der Waals surface area contributed by atoms with Crippen LogP contribution in [0.2, 0.25) is 0 Å². The second-order valence-corrected chi connectivity index (χ2v) is 13.7. The average molecular weight is 669 g/mol. The number of aromatic nitrogens is 7. The van der Waals surface area contributed by atoms with Crippen molar-refractivity contribution in [2.24, 2.45) is 0 Å². The number of nitrogens with zero attached hydrogens (tertiary/aromatic N) is 6. The standard InChI is InChI=1S/C22H25N9O12P2/c23-10-1-2-25-16-12(10)26-7-30(16)20-14-15-22(41-20,5-37-14)6-39-45(35,36)42-11-3-9(4-38-44(33,34)43-15)40-19(11)31-8-27-13-17(31)28-21(24)29-18(13)32/h1-2,7-9,11,14-15,19-20H,3-6H2,(H2,23,25)(H,33,34)(H,35,36)(H3,24,28,29,32)/t9-,11?,14?,15+,19+,20+,22+/m0/s1. The second kappa shape index (κ2) is 10.1. The number of nitrogens with two attached hydrogens (primary N) is 2. The zero-order valence-corrected chi connectivity index (χ0v) is 24.6. The molecule has 21 nitrogen and oxygen atoms in total. The summed E-state index contributed by atoms with van der Waals surface area (Å²) in [5, 5.41) is 0. The number of phosphoric ester groups is 2. The molecule has 4 saturated heterocycles. The van der Waals surface area contributed by atoms with Crippen LogP contribution in [0, 0.1) is 0 Å². The molecule has 4 aliphatic heterocycles. The summed E-state index contributed by atoms with van der Waals surface area (Å²) in [4.78, 5) is 53.0. The lowest BCUT2D eigenvalue weighted by atomic mass is 10.0. The molecule has 23 heteroatoms. The van der Waals surface area contributed by atoms with Gasteiger partial charge in [0.25, 0.3) is 5.56 Å². The van der Waals surface area contributed by atoms with Crippen molar-refractivity contribution >= 4 is 49.6 Å². The van der Waals surface area contributed by atoms with Crippen LogP contribution >= 0.6 is 15.6 Å². The minimum absolute atomic E-state index is 0.00642. The number of rotatable bonds is 2. The van der Waals surface area contributed by atoms with Gasteiger partial charge in [-0.2, -0.15) is 4.98 Å². The number of hydrogen-bond donors (Lipinski definition) is 5. The smallest absolute Gasteiger partial charge is 0.397 e. The molecule has 0 radical (unpaired) electrons. The highest BCUT2D eigenvalue weighted by atomic mass is 31.2. The van der Waals surface area contributed by atoms with Crippen molar-refractivity contribution in [1.29, 1.82) is 0 Å². The van der Waals surface area contributed by atoms with Crippen LogP contribution in [0.3, 0.4) is 0 Å². The molecule has 4 aromatic rings. The van der Waals surface area contributed by atoms with E-state index in [1.54, 1.807) is 6.07 Å². The Morgan fingerprint density at radius 2 is 1.73 bits per heavy atom. The van der Waals surface area contributed by atoms with Crippen LogP contribution in [0.25, 0.3) is 22.3 Å². The summed E-state index contributed by atoms with van der Waals surface area (Å²) >= 11 is 0. The summed E-state index contributed by atoms with van der Waals surface area (Å²) in [6.45, 7) is -1.39. The summed E-state index contributed by atoms with van der Waals surface area (Å²) in [5.41, 5.74) is 10.5. The number of fused-ring (bicyclic) bond motifs is 4. The normalized spacial score (nSPS) is 38.6. The quantitative estimate of drug-likeness (QED) is 0.171. The van der Waals surface area contributed by atoms with Crippen LogP contribution in [-0.4, -0.2) is 93.7 Å². The Kier molecular flexibility index (Phi) is 6.52. The zero-order chi connectivity index (χ0) is 31.3. The predicted molar refractivity (Wildman–Crippen MR) is 147 cm³/mol. The Morgan fingerprint density at radius 3 is 2.56 bits per heavy atom. The highest BCUT2D eigenvalue weighted by Gasteiger charge is 2.66. The van der Waals surface area contributed by atoms with E-state index in [9.17, 15) is 23.7 Å². The lowest BCUT2D eigenvalue weighted by molar-refractivity contribution is -0.184. The summed E-state index contributed by atoms with van der Waals surface area (Å²) in [6, 6.07) is 1.57. The first-order valence-electron chi connectivity index (χ1n) is 13.5. The molecule has 45 heavy (non-hydrogen) atoms. The molecule has 0 aliphatic carbocycles. The van der Waals surface area contributed by atoms with Crippen LogP contribution in [0.4, 0.5) is 11.6 Å². The van der Waals surface area contributed by atoms with Crippen LogP contribution in [0.1, 0.15) is 18.9 Å². The summed E-state index contributed by atoms with van der Waals surface area (Å²) in [6.07, 6.45) is -2.69. The monoisotopic (exact) mass is 669 g/mol.